The average molecular weight is 346 g/mol. The van der Waals surface area contributed by atoms with Crippen LogP contribution in [-0.2, 0) is 6.42 Å². The summed E-state index contributed by atoms with van der Waals surface area (Å²) in [6.45, 7) is 8.74. The van der Waals surface area contributed by atoms with Gasteiger partial charge in [-0.25, -0.2) is 0 Å². The smallest absolute Gasteiger partial charge is 0.0369 e. The highest BCUT2D eigenvalue weighted by Gasteiger charge is 2.16. The number of nitrogens with one attached hydrogen (secondary N) is 1. The lowest BCUT2D eigenvalue weighted by Gasteiger charge is -2.21. The summed E-state index contributed by atoms with van der Waals surface area (Å²) in [6, 6.07) is 11.4. The van der Waals surface area contributed by atoms with Crippen LogP contribution >= 0.6 is 15.9 Å². The van der Waals surface area contributed by atoms with Crippen molar-refractivity contribution in [2.24, 2.45) is 0 Å². The van der Waals surface area contributed by atoms with E-state index in [0.717, 1.165) is 6.42 Å². The number of aryl methyl sites for hydroxylation is 4. The van der Waals surface area contributed by atoms with Crippen molar-refractivity contribution in [1.29, 1.82) is 0 Å². The molecule has 2 aromatic carbocycles. The second-order valence-corrected chi connectivity index (χ2v) is 6.80. The Kier molecular flexibility index (Phi) is 5.23. The first-order valence-corrected chi connectivity index (χ1v) is 8.21. The number of likely N-dealkylation sites (N-methyl/N-ethyl adjacent to an activating group) is 1. The highest BCUT2D eigenvalue weighted by molar-refractivity contribution is 9.10. The Balaban J connectivity index is 2.38. The van der Waals surface area contributed by atoms with E-state index in [1.54, 1.807) is 0 Å². The molecule has 1 unspecified atom stereocenters. The van der Waals surface area contributed by atoms with Gasteiger partial charge < -0.3 is 5.32 Å². The molecule has 0 aromatic heterocycles. The van der Waals surface area contributed by atoms with Crippen molar-refractivity contribution in [2.75, 3.05) is 7.05 Å². The molecule has 0 aliphatic rings. The van der Waals surface area contributed by atoms with Gasteiger partial charge in [-0.1, -0.05) is 51.3 Å². The van der Waals surface area contributed by atoms with Crippen LogP contribution in [0.25, 0.3) is 0 Å². The van der Waals surface area contributed by atoms with Gasteiger partial charge in [-0.05, 0) is 69.5 Å². The first-order chi connectivity index (χ1) is 9.92. The van der Waals surface area contributed by atoms with Crippen LogP contribution in [-0.4, -0.2) is 7.05 Å². The molecule has 0 heterocycles. The summed E-state index contributed by atoms with van der Waals surface area (Å²) in [5.74, 6) is 0. The van der Waals surface area contributed by atoms with E-state index in [1.165, 1.54) is 37.9 Å². The third-order valence-electron chi connectivity index (χ3n) is 4.12. The molecule has 0 fully saturated rings. The molecule has 0 aliphatic carbocycles. The van der Waals surface area contributed by atoms with E-state index >= 15 is 0 Å². The Morgan fingerprint density at radius 2 is 1.57 bits per heavy atom. The SMILES string of the molecule is CNC(Cc1c(C)cc(C)cc1C)c1cc(C)ccc1Br. The number of halogens is 1. The standard InChI is InChI=1S/C19H24BrN/c1-12-6-7-18(20)17(10-12)19(21-5)11-16-14(3)8-13(2)9-15(16)4/h6-10,19,21H,11H2,1-5H3. The zero-order chi connectivity index (χ0) is 15.6. The fourth-order valence-corrected chi connectivity index (χ4v) is 3.56. The molecule has 1 atom stereocenters. The normalized spacial score (nSPS) is 12.5. The molecule has 0 aliphatic heterocycles. The van der Waals surface area contributed by atoms with Gasteiger partial charge in [0.2, 0.25) is 0 Å². The van der Waals surface area contributed by atoms with E-state index in [1.807, 2.05) is 7.05 Å². The molecular weight excluding hydrogens is 322 g/mol. The molecule has 0 spiro atoms. The lowest BCUT2D eigenvalue weighted by atomic mass is 9.91. The monoisotopic (exact) mass is 345 g/mol. The van der Waals surface area contributed by atoms with Crippen molar-refractivity contribution in [3.05, 3.63) is 68.2 Å². The molecule has 0 radical (unpaired) electrons. The minimum Gasteiger partial charge on any atom is -0.313 e. The Hall–Kier alpha value is -1.12. The van der Waals surface area contributed by atoms with E-state index in [4.69, 9.17) is 0 Å². The lowest BCUT2D eigenvalue weighted by Crippen LogP contribution is -2.20. The summed E-state index contributed by atoms with van der Waals surface area (Å²) in [7, 11) is 2.04. The molecule has 0 bridgehead atoms. The maximum Gasteiger partial charge on any atom is 0.0369 e. The van der Waals surface area contributed by atoms with Crippen molar-refractivity contribution in [3.8, 4) is 0 Å². The summed E-state index contributed by atoms with van der Waals surface area (Å²) in [5.41, 5.74) is 8.19. The second-order valence-electron chi connectivity index (χ2n) is 5.95. The van der Waals surface area contributed by atoms with Crippen molar-refractivity contribution >= 4 is 15.9 Å². The molecule has 1 nitrogen and oxygen atoms in total. The van der Waals surface area contributed by atoms with Gasteiger partial charge in [0.05, 0.1) is 0 Å². The Morgan fingerprint density at radius 3 is 2.14 bits per heavy atom. The summed E-state index contributed by atoms with van der Waals surface area (Å²) in [5, 5.41) is 3.47. The fraction of sp³-hybridized carbons (Fsp3) is 0.368. The molecule has 0 amide bonds. The van der Waals surface area contributed by atoms with Crippen LogP contribution < -0.4 is 5.32 Å². The van der Waals surface area contributed by atoms with Crippen molar-refractivity contribution in [3.63, 3.8) is 0 Å². The second kappa shape index (κ2) is 6.76. The summed E-state index contributed by atoms with van der Waals surface area (Å²) in [4.78, 5) is 0. The predicted octanol–water partition coefficient (Wildman–Crippen LogP) is 5.19. The third kappa shape index (κ3) is 3.75. The number of benzene rings is 2. The van der Waals surface area contributed by atoms with E-state index in [2.05, 4.69) is 79.3 Å². The number of hydrogen-bond donors (Lipinski definition) is 1. The molecule has 21 heavy (non-hydrogen) atoms. The Bertz CT molecular complexity index is 623. The highest BCUT2D eigenvalue weighted by Crippen LogP contribution is 2.29. The Labute approximate surface area is 136 Å². The van der Waals surface area contributed by atoms with Gasteiger partial charge in [-0.2, -0.15) is 0 Å². The largest absolute Gasteiger partial charge is 0.313 e. The third-order valence-corrected chi connectivity index (χ3v) is 4.85. The number of hydrogen-bond acceptors (Lipinski definition) is 1. The maximum absolute atomic E-state index is 3.69. The van der Waals surface area contributed by atoms with Gasteiger partial charge in [0.15, 0.2) is 0 Å². The summed E-state index contributed by atoms with van der Waals surface area (Å²) in [6.07, 6.45) is 1.01. The van der Waals surface area contributed by atoms with E-state index in [-0.39, 0.29) is 0 Å². The molecular formula is C19H24BrN. The van der Waals surface area contributed by atoms with Crippen molar-refractivity contribution < 1.29 is 0 Å². The zero-order valence-corrected chi connectivity index (χ0v) is 15.1. The topological polar surface area (TPSA) is 12.0 Å². The van der Waals surface area contributed by atoms with Gasteiger partial charge >= 0.3 is 0 Å². The quantitative estimate of drug-likeness (QED) is 0.804. The molecule has 2 heteroatoms. The van der Waals surface area contributed by atoms with Gasteiger partial charge in [-0.15, -0.1) is 0 Å². The molecule has 1 N–H and O–H groups in total. The van der Waals surface area contributed by atoms with Gasteiger partial charge in [0, 0.05) is 10.5 Å². The summed E-state index contributed by atoms with van der Waals surface area (Å²) < 4.78 is 1.18. The zero-order valence-electron chi connectivity index (χ0n) is 13.5. The lowest BCUT2D eigenvalue weighted by molar-refractivity contribution is 0.586. The van der Waals surface area contributed by atoms with Crippen LogP contribution in [0.3, 0.4) is 0 Å². The minimum absolute atomic E-state index is 0.319. The van der Waals surface area contributed by atoms with Crippen LogP contribution in [0, 0.1) is 27.7 Å². The first kappa shape index (κ1) is 16.3. The van der Waals surface area contributed by atoms with Crippen LogP contribution in [0.5, 0.6) is 0 Å². The summed E-state index contributed by atoms with van der Waals surface area (Å²) >= 11 is 3.69. The highest BCUT2D eigenvalue weighted by atomic mass is 79.9. The average Bonchev–Trinajstić information content (AvgIpc) is 2.41. The first-order valence-electron chi connectivity index (χ1n) is 7.42. The van der Waals surface area contributed by atoms with Crippen molar-refractivity contribution in [1.82, 2.24) is 5.32 Å². The van der Waals surface area contributed by atoms with Gasteiger partial charge in [0.25, 0.3) is 0 Å². The predicted molar refractivity (Wildman–Crippen MR) is 95.0 cm³/mol. The van der Waals surface area contributed by atoms with Crippen LogP contribution in [0.1, 0.15) is 39.4 Å². The van der Waals surface area contributed by atoms with E-state index < -0.39 is 0 Å². The van der Waals surface area contributed by atoms with Crippen molar-refractivity contribution in [2.45, 2.75) is 40.2 Å². The molecule has 112 valence electrons. The number of rotatable bonds is 4. The fourth-order valence-electron chi connectivity index (χ4n) is 3.03. The van der Waals surface area contributed by atoms with E-state index in [0.29, 0.717) is 6.04 Å². The molecule has 0 saturated heterocycles. The molecule has 0 saturated carbocycles. The van der Waals surface area contributed by atoms with Crippen LogP contribution in [0.2, 0.25) is 0 Å². The minimum atomic E-state index is 0.319. The Morgan fingerprint density at radius 1 is 0.952 bits per heavy atom. The molecule has 2 rings (SSSR count). The maximum atomic E-state index is 3.69. The van der Waals surface area contributed by atoms with Crippen LogP contribution in [0.15, 0.2) is 34.8 Å². The van der Waals surface area contributed by atoms with E-state index in [9.17, 15) is 0 Å². The van der Waals surface area contributed by atoms with Crippen LogP contribution in [0.4, 0.5) is 0 Å². The van der Waals surface area contributed by atoms with Gasteiger partial charge in [-0.3, -0.25) is 0 Å². The molecule has 2 aromatic rings. The van der Waals surface area contributed by atoms with Gasteiger partial charge in [0.1, 0.15) is 0 Å².